The molecule has 0 N–H and O–H groups in total. The molecule has 0 heteroatoms. The summed E-state index contributed by atoms with van der Waals surface area (Å²) in [5.41, 5.74) is 0. The number of rotatable bonds is 5. The van der Waals surface area contributed by atoms with E-state index in [0.717, 1.165) is 5.92 Å². The Labute approximate surface area is 66.0 Å². The molecule has 0 heterocycles. The zero-order valence-corrected chi connectivity index (χ0v) is 7.91. The van der Waals surface area contributed by atoms with Crippen LogP contribution in [0.1, 0.15) is 53.4 Å². The molecule has 0 saturated heterocycles. The predicted molar refractivity (Wildman–Crippen MR) is 47.9 cm³/mol. The van der Waals surface area contributed by atoms with Gasteiger partial charge < -0.3 is 0 Å². The van der Waals surface area contributed by atoms with Crippen LogP contribution in [0.25, 0.3) is 0 Å². The van der Waals surface area contributed by atoms with Crippen LogP contribution in [0.3, 0.4) is 0 Å². The van der Waals surface area contributed by atoms with Crippen molar-refractivity contribution in [3.8, 4) is 0 Å². The summed E-state index contributed by atoms with van der Waals surface area (Å²) in [4.78, 5) is 0. The van der Waals surface area contributed by atoms with E-state index in [0.29, 0.717) is 0 Å². The van der Waals surface area contributed by atoms with Crippen LogP contribution in [0, 0.1) is 11.8 Å². The molecule has 0 aliphatic heterocycles. The van der Waals surface area contributed by atoms with E-state index >= 15 is 0 Å². The van der Waals surface area contributed by atoms with Gasteiger partial charge >= 0.3 is 0 Å². The SMILES string of the molecule is CCC[C](CC)CC(C)C. The second-order valence-electron chi connectivity index (χ2n) is 3.45. The van der Waals surface area contributed by atoms with Gasteiger partial charge in [0, 0.05) is 0 Å². The van der Waals surface area contributed by atoms with Gasteiger partial charge in [0.15, 0.2) is 0 Å². The minimum atomic E-state index is 0.849. The van der Waals surface area contributed by atoms with E-state index in [2.05, 4.69) is 27.7 Å². The lowest BCUT2D eigenvalue weighted by Crippen LogP contribution is -2.00. The minimum Gasteiger partial charge on any atom is -0.0654 e. The lowest BCUT2D eigenvalue weighted by molar-refractivity contribution is 0.543. The quantitative estimate of drug-likeness (QED) is 0.546. The van der Waals surface area contributed by atoms with Gasteiger partial charge in [-0.15, -0.1) is 0 Å². The molecule has 0 aromatic heterocycles. The molecule has 0 spiro atoms. The van der Waals surface area contributed by atoms with Crippen LogP contribution in [-0.4, -0.2) is 0 Å². The highest BCUT2D eigenvalue weighted by Crippen LogP contribution is 2.21. The highest BCUT2D eigenvalue weighted by Gasteiger charge is 2.06. The fraction of sp³-hybridized carbons (Fsp3) is 0.900. The largest absolute Gasteiger partial charge is 0.0654 e. The van der Waals surface area contributed by atoms with Gasteiger partial charge in [0.05, 0.1) is 0 Å². The van der Waals surface area contributed by atoms with E-state index in [1.165, 1.54) is 25.7 Å². The summed E-state index contributed by atoms with van der Waals surface area (Å²) in [5.74, 6) is 2.60. The van der Waals surface area contributed by atoms with Crippen molar-refractivity contribution in [2.24, 2.45) is 5.92 Å². The average molecular weight is 141 g/mol. The predicted octanol–water partition coefficient (Wildman–Crippen LogP) is 3.82. The summed E-state index contributed by atoms with van der Waals surface area (Å²) in [5, 5.41) is 0. The Bertz CT molecular complexity index is 64.4. The Balaban J connectivity index is 3.39. The highest BCUT2D eigenvalue weighted by atomic mass is 14.1. The zero-order valence-electron chi connectivity index (χ0n) is 7.91. The molecule has 1 radical (unpaired) electrons. The first-order valence-electron chi connectivity index (χ1n) is 4.54. The third kappa shape index (κ3) is 4.84. The van der Waals surface area contributed by atoms with Crippen molar-refractivity contribution >= 4 is 0 Å². The lowest BCUT2D eigenvalue weighted by Gasteiger charge is -2.14. The van der Waals surface area contributed by atoms with Gasteiger partial charge in [-0.1, -0.05) is 34.1 Å². The van der Waals surface area contributed by atoms with Crippen molar-refractivity contribution in [3.05, 3.63) is 5.92 Å². The summed E-state index contributed by atoms with van der Waals surface area (Å²) in [6.07, 6.45) is 5.28. The fourth-order valence-corrected chi connectivity index (χ4v) is 1.35. The standard InChI is InChI=1S/C10H21/c1-5-7-10(6-2)8-9(3)4/h9H,5-8H2,1-4H3. The first-order chi connectivity index (χ1) is 4.70. The third-order valence-corrected chi connectivity index (χ3v) is 1.80. The summed E-state index contributed by atoms with van der Waals surface area (Å²) in [6.45, 7) is 9.12. The Morgan fingerprint density at radius 3 is 2.10 bits per heavy atom. The molecule has 0 saturated carbocycles. The fourth-order valence-electron chi connectivity index (χ4n) is 1.35. The van der Waals surface area contributed by atoms with E-state index in [4.69, 9.17) is 0 Å². The van der Waals surface area contributed by atoms with Crippen LogP contribution in [-0.2, 0) is 0 Å². The van der Waals surface area contributed by atoms with Gasteiger partial charge in [0.25, 0.3) is 0 Å². The van der Waals surface area contributed by atoms with Crippen LogP contribution in [0.15, 0.2) is 0 Å². The summed E-state index contributed by atoms with van der Waals surface area (Å²) in [6, 6.07) is 0. The highest BCUT2D eigenvalue weighted by molar-refractivity contribution is 4.87. The lowest BCUT2D eigenvalue weighted by atomic mass is 9.91. The molecule has 0 rings (SSSR count). The van der Waals surface area contributed by atoms with Gasteiger partial charge in [-0.2, -0.15) is 0 Å². The maximum Gasteiger partial charge on any atom is -0.0241 e. The van der Waals surface area contributed by atoms with Crippen LogP contribution < -0.4 is 0 Å². The summed E-state index contributed by atoms with van der Waals surface area (Å²) in [7, 11) is 0. The monoisotopic (exact) mass is 141 g/mol. The average Bonchev–Trinajstić information content (AvgIpc) is 1.86. The van der Waals surface area contributed by atoms with Crippen LogP contribution >= 0.6 is 0 Å². The molecular formula is C10H21. The molecule has 0 bridgehead atoms. The minimum absolute atomic E-state index is 0.849. The molecule has 0 fully saturated rings. The van der Waals surface area contributed by atoms with Gasteiger partial charge in [-0.05, 0) is 31.1 Å². The van der Waals surface area contributed by atoms with Crippen LogP contribution in [0.4, 0.5) is 0 Å². The second kappa shape index (κ2) is 5.76. The Morgan fingerprint density at radius 1 is 1.20 bits per heavy atom. The van der Waals surface area contributed by atoms with E-state index in [-0.39, 0.29) is 0 Å². The topological polar surface area (TPSA) is 0 Å². The van der Waals surface area contributed by atoms with E-state index in [1.54, 1.807) is 5.92 Å². The van der Waals surface area contributed by atoms with Crippen LogP contribution in [0.5, 0.6) is 0 Å². The Hall–Kier alpha value is 0. The molecule has 0 aliphatic rings. The summed E-state index contributed by atoms with van der Waals surface area (Å²) >= 11 is 0. The normalized spacial score (nSPS) is 11.4. The molecule has 61 valence electrons. The first kappa shape index (κ1) is 10.0. The Morgan fingerprint density at radius 2 is 1.80 bits per heavy atom. The molecule has 0 aliphatic carbocycles. The van der Waals surface area contributed by atoms with E-state index in [1.807, 2.05) is 0 Å². The van der Waals surface area contributed by atoms with Gasteiger partial charge in [0.2, 0.25) is 0 Å². The molecule has 0 atom stereocenters. The maximum absolute atomic E-state index is 2.30. The van der Waals surface area contributed by atoms with Crippen molar-refractivity contribution < 1.29 is 0 Å². The van der Waals surface area contributed by atoms with Crippen molar-refractivity contribution in [1.29, 1.82) is 0 Å². The smallest absolute Gasteiger partial charge is 0.0241 e. The second-order valence-corrected chi connectivity index (χ2v) is 3.45. The van der Waals surface area contributed by atoms with Crippen LogP contribution in [0.2, 0.25) is 0 Å². The molecule has 0 nitrogen and oxygen atoms in total. The number of hydrogen-bond acceptors (Lipinski definition) is 0. The van der Waals surface area contributed by atoms with Crippen molar-refractivity contribution in [2.75, 3.05) is 0 Å². The molecule has 0 aromatic rings. The Kier molecular flexibility index (Phi) is 5.76. The van der Waals surface area contributed by atoms with Crippen molar-refractivity contribution in [2.45, 2.75) is 53.4 Å². The molecule has 0 amide bonds. The molecule has 0 aromatic carbocycles. The van der Waals surface area contributed by atoms with Crippen molar-refractivity contribution in [1.82, 2.24) is 0 Å². The van der Waals surface area contributed by atoms with Crippen molar-refractivity contribution in [3.63, 3.8) is 0 Å². The molecule has 10 heavy (non-hydrogen) atoms. The maximum atomic E-state index is 2.30. The van der Waals surface area contributed by atoms with Gasteiger partial charge in [0.1, 0.15) is 0 Å². The third-order valence-electron chi connectivity index (χ3n) is 1.80. The van der Waals surface area contributed by atoms with E-state index < -0.39 is 0 Å². The number of hydrogen-bond donors (Lipinski definition) is 0. The van der Waals surface area contributed by atoms with E-state index in [9.17, 15) is 0 Å². The summed E-state index contributed by atoms with van der Waals surface area (Å²) < 4.78 is 0. The van der Waals surface area contributed by atoms with Gasteiger partial charge in [-0.3, -0.25) is 0 Å². The van der Waals surface area contributed by atoms with Gasteiger partial charge in [-0.25, -0.2) is 0 Å². The zero-order chi connectivity index (χ0) is 7.98. The molecule has 0 unspecified atom stereocenters. The first-order valence-corrected chi connectivity index (χ1v) is 4.54. The molecular weight excluding hydrogens is 120 g/mol.